The minimum absolute atomic E-state index is 0.0603. The number of sulfonamides is 1. The van der Waals surface area contributed by atoms with E-state index in [0.29, 0.717) is 18.7 Å². The number of carbonyl (C=O) groups excluding carboxylic acids is 2. The van der Waals surface area contributed by atoms with E-state index in [-0.39, 0.29) is 41.3 Å². The summed E-state index contributed by atoms with van der Waals surface area (Å²) in [6.07, 6.45) is 0. The summed E-state index contributed by atoms with van der Waals surface area (Å²) in [4.78, 5) is 27.3. The van der Waals surface area contributed by atoms with Crippen molar-refractivity contribution in [3.63, 3.8) is 0 Å². The van der Waals surface area contributed by atoms with Crippen LogP contribution in [0.1, 0.15) is 49.0 Å². The van der Waals surface area contributed by atoms with Crippen LogP contribution in [-0.2, 0) is 14.8 Å². The predicted octanol–water partition coefficient (Wildman–Crippen LogP) is 3.12. The molecule has 0 spiro atoms. The Labute approximate surface area is 188 Å². The Bertz CT molecular complexity index is 1030. The minimum Gasteiger partial charge on any atom is -0.344 e. The summed E-state index contributed by atoms with van der Waals surface area (Å²) in [5.74, 6) is -0.373. The Morgan fingerprint density at radius 3 is 2.29 bits per heavy atom. The van der Waals surface area contributed by atoms with Crippen molar-refractivity contribution in [2.75, 3.05) is 26.2 Å². The minimum atomic E-state index is -3.75. The number of hydrogen-bond acceptors (Lipinski definition) is 5. The first-order valence-corrected chi connectivity index (χ1v) is 12.5. The molecule has 1 aliphatic rings. The molecule has 2 heterocycles. The van der Waals surface area contributed by atoms with E-state index in [9.17, 15) is 18.0 Å². The number of piperazine rings is 1. The average Bonchev–Trinajstić information content (AvgIpc) is 3.25. The molecule has 0 aliphatic carbocycles. The van der Waals surface area contributed by atoms with E-state index in [1.807, 2.05) is 17.5 Å². The number of rotatable bonds is 5. The fourth-order valence-corrected chi connectivity index (χ4v) is 6.06. The summed E-state index contributed by atoms with van der Waals surface area (Å²) in [6, 6.07) is 9.88. The lowest BCUT2D eigenvalue weighted by Gasteiger charge is -2.33. The van der Waals surface area contributed by atoms with Crippen molar-refractivity contribution in [3.8, 4) is 0 Å². The van der Waals surface area contributed by atoms with Crippen molar-refractivity contribution in [2.45, 2.75) is 38.6 Å². The first kappa shape index (κ1) is 23.4. The van der Waals surface area contributed by atoms with E-state index in [1.165, 1.54) is 23.4 Å². The van der Waals surface area contributed by atoms with Gasteiger partial charge in [-0.3, -0.25) is 9.59 Å². The second-order valence-electron chi connectivity index (χ2n) is 8.73. The zero-order chi connectivity index (χ0) is 22.8. The van der Waals surface area contributed by atoms with E-state index >= 15 is 0 Å². The fraction of sp³-hybridized carbons (Fsp3) is 0.455. The van der Waals surface area contributed by atoms with Gasteiger partial charge >= 0.3 is 0 Å². The molecule has 2 amide bonds. The van der Waals surface area contributed by atoms with Crippen LogP contribution in [0.25, 0.3) is 0 Å². The molecule has 0 radical (unpaired) electrons. The molecule has 7 nitrogen and oxygen atoms in total. The van der Waals surface area contributed by atoms with Crippen molar-refractivity contribution in [2.24, 2.45) is 5.41 Å². The highest BCUT2D eigenvalue weighted by atomic mass is 32.2. The molecule has 1 aliphatic heterocycles. The molecule has 2 aromatic rings. The Balaban J connectivity index is 1.79. The van der Waals surface area contributed by atoms with E-state index in [1.54, 1.807) is 28.4 Å². The van der Waals surface area contributed by atoms with Crippen molar-refractivity contribution >= 4 is 33.2 Å². The lowest BCUT2D eigenvalue weighted by Crippen LogP contribution is -2.49. The third-order valence-corrected chi connectivity index (χ3v) is 8.22. The highest BCUT2D eigenvalue weighted by Gasteiger charge is 2.31. The number of benzene rings is 1. The van der Waals surface area contributed by atoms with Crippen LogP contribution in [0, 0.1) is 5.41 Å². The largest absolute Gasteiger partial charge is 0.344 e. The van der Waals surface area contributed by atoms with Gasteiger partial charge in [0, 0.05) is 43.5 Å². The van der Waals surface area contributed by atoms with Gasteiger partial charge in [0.05, 0.1) is 10.9 Å². The van der Waals surface area contributed by atoms with Gasteiger partial charge in [0.15, 0.2) is 0 Å². The van der Waals surface area contributed by atoms with E-state index < -0.39 is 10.0 Å². The fourth-order valence-electron chi connectivity index (χ4n) is 3.57. The summed E-state index contributed by atoms with van der Waals surface area (Å²) in [7, 11) is -3.75. The predicted molar refractivity (Wildman–Crippen MR) is 121 cm³/mol. The molecule has 31 heavy (non-hydrogen) atoms. The number of thiophene rings is 1. The lowest BCUT2D eigenvalue weighted by molar-refractivity contribution is -0.129. The number of hydrogen-bond donors (Lipinski definition) is 1. The van der Waals surface area contributed by atoms with Gasteiger partial charge in [-0.2, -0.15) is 4.31 Å². The third-order valence-electron chi connectivity index (χ3n) is 5.39. The number of amides is 2. The maximum Gasteiger partial charge on any atom is 0.251 e. The molecule has 0 bridgehead atoms. The van der Waals surface area contributed by atoms with Gasteiger partial charge in [-0.1, -0.05) is 32.9 Å². The molecule has 1 N–H and O–H groups in total. The number of carbonyl (C=O) groups is 2. The molecule has 1 fully saturated rings. The van der Waals surface area contributed by atoms with Crippen LogP contribution in [0.4, 0.5) is 0 Å². The van der Waals surface area contributed by atoms with Gasteiger partial charge in [0.25, 0.3) is 5.91 Å². The highest BCUT2D eigenvalue weighted by Crippen LogP contribution is 2.35. The number of nitrogens with zero attached hydrogens (tertiary/aromatic N) is 2. The smallest absolute Gasteiger partial charge is 0.251 e. The standard InChI is InChI=1S/C22H29N3O4S2/c1-16(26)24-10-12-25(13-11-24)31(28,29)18-8-5-7-17(15-18)21(27)23-20(22(2,3)4)19-9-6-14-30-19/h5-9,14-15,20H,10-13H2,1-4H3,(H,23,27). The Kier molecular flexibility index (Phi) is 6.88. The van der Waals surface area contributed by atoms with E-state index in [0.717, 1.165) is 4.88 Å². The SMILES string of the molecule is CC(=O)N1CCN(S(=O)(=O)c2cccc(C(=O)NC(c3cccs3)C(C)(C)C)c2)CC1. The van der Waals surface area contributed by atoms with Crippen LogP contribution < -0.4 is 5.32 Å². The Morgan fingerprint density at radius 1 is 1.06 bits per heavy atom. The summed E-state index contributed by atoms with van der Waals surface area (Å²) < 4.78 is 27.6. The Hall–Kier alpha value is -2.23. The van der Waals surface area contributed by atoms with Gasteiger partial charge in [-0.15, -0.1) is 11.3 Å². The third kappa shape index (κ3) is 5.34. The molecule has 168 valence electrons. The van der Waals surface area contributed by atoms with Crippen molar-refractivity contribution in [1.82, 2.24) is 14.5 Å². The number of nitrogens with one attached hydrogen (secondary N) is 1. The monoisotopic (exact) mass is 463 g/mol. The van der Waals surface area contributed by atoms with Crippen LogP contribution in [0.15, 0.2) is 46.7 Å². The first-order chi connectivity index (χ1) is 14.5. The van der Waals surface area contributed by atoms with E-state index in [4.69, 9.17) is 0 Å². The molecule has 3 rings (SSSR count). The second-order valence-corrected chi connectivity index (χ2v) is 11.6. The van der Waals surface area contributed by atoms with Gasteiger partial charge < -0.3 is 10.2 Å². The molecule has 0 saturated carbocycles. The van der Waals surface area contributed by atoms with Gasteiger partial charge in [-0.05, 0) is 35.1 Å². The van der Waals surface area contributed by atoms with Crippen LogP contribution >= 0.6 is 11.3 Å². The average molecular weight is 464 g/mol. The molecule has 1 saturated heterocycles. The molecular formula is C22H29N3O4S2. The zero-order valence-electron chi connectivity index (χ0n) is 18.3. The molecule has 1 aromatic carbocycles. The lowest BCUT2D eigenvalue weighted by atomic mass is 9.85. The normalized spacial score (nSPS) is 16.7. The maximum atomic E-state index is 13.1. The van der Waals surface area contributed by atoms with Crippen LogP contribution in [0.3, 0.4) is 0 Å². The maximum absolute atomic E-state index is 13.1. The van der Waals surface area contributed by atoms with Crippen molar-refractivity contribution < 1.29 is 18.0 Å². The Morgan fingerprint density at radius 2 is 1.74 bits per heavy atom. The molecular weight excluding hydrogens is 434 g/mol. The zero-order valence-corrected chi connectivity index (χ0v) is 19.9. The quantitative estimate of drug-likeness (QED) is 0.738. The summed E-state index contributed by atoms with van der Waals surface area (Å²) in [6.45, 7) is 8.85. The van der Waals surface area contributed by atoms with Gasteiger partial charge in [0.1, 0.15) is 0 Å². The summed E-state index contributed by atoms with van der Waals surface area (Å²) in [5, 5.41) is 5.04. The molecule has 1 atom stereocenters. The molecule has 9 heteroatoms. The van der Waals surface area contributed by atoms with Crippen LogP contribution in [-0.4, -0.2) is 55.6 Å². The summed E-state index contributed by atoms with van der Waals surface area (Å²) >= 11 is 1.58. The molecule has 1 aromatic heterocycles. The van der Waals surface area contributed by atoms with Gasteiger partial charge in [-0.25, -0.2) is 8.42 Å². The summed E-state index contributed by atoms with van der Waals surface area (Å²) in [5.41, 5.74) is 0.0925. The van der Waals surface area contributed by atoms with Crippen molar-refractivity contribution in [3.05, 3.63) is 52.2 Å². The molecule has 1 unspecified atom stereocenters. The van der Waals surface area contributed by atoms with Crippen LogP contribution in [0.2, 0.25) is 0 Å². The second kappa shape index (κ2) is 9.10. The van der Waals surface area contributed by atoms with Gasteiger partial charge in [0.2, 0.25) is 15.9 Å². The van der Waals surface area contributed by atoms with E-state index in [2.05, 4.69) is 26.1 Å². The highest BCUT2D eigenvalue weighted by molar-refractivity contribution is 7.89. The van der Waals surface area contributed by atoms with Crippen LogP contribution in [0.5, 0.6) is 0 Å². The topological polar surface area (TPSA) is 86.8 Å². The first-order valence-electron chi connectivity index (χ1n) is 10.2. The van der Waals surface area contributed by atoms with Crippen molar-refractivity contribution in [1.29, 1.82) is 0 Å².